The molecule has 3 rings (SSSR count). The quantitative estimate of drug-likeness (QED) is 0.888. The molecular weight excluding hydrogens is 321 g/mol. The number of nitrogens with one attached hydrogen (secondary N) is 1. The SMILES string of the molecule is CN1CCN(c2ncc(C(=O)NCCc3ccc(F)cc3)cn2)CC1. The fourth-order valence-corrected chi connectivity index (χ4v) is 2.68. The lowest BCUT2D eigenvalue weighted by molar-refractivity contribution is 0.0953. The van der Waals surface area contributed by atoms with Crippen molar-refractivity contribution in [3.63, 3.8) is 0 Å². The molecule has 7 heteroatoms. The lowest BCUT2D eigenvalue weighted by Crippen LogP contribution is -2.45. The molecule has 2 aromatic rings. The predicted octanol–water partition coefficient (Wildman–Crippen LogP) is 1.34. The molecule has 6 nitrogen and oxygen atoms in total. The molecular formula is C18H22FN5O. The molecule has 1 amide bonds. The van der Waals surface area contributed by atoms with E-state index >= 15 is 0 Å². The Labute approximate surface area is 146 Å². The van der Waals surface area contributed by atoms with E-state index < -0.39 is 0 Å². The molecule has 0 unspecified atom stereocenters. The first-order valence-electron chi connectivity index (χ1n) is 8.40. The standard InChI is InChI=1S/C18H22FN5O/c1-23-8-10-24(11-9-23)18-21-12-15(13-22-18)17(25)20-7-6-14-2-4-16(19)5-3-14/h2-5,12-13H,6-11H2,1H3,(H,20,25). The van der Waals surface area contributed by atoms with E-state index in [2.05, 4.69) is 32.1 Å². The van der Waals surface area contributed by atoms with Crippen LogP contribution in [0.3, 0.4) is 0 Å². The van der Waals surface area contributed by atoms with Crippen molar-refractivity contribution in [2.45, 2.75) is 6.42 Å². The van der Waals surface area contributed by atoms with Crippen LogP contribution in [0.15, 0.2) is 36.7 Å². The fraction of sp³-hybridized carbons (Fsp3) is 0.389. The van der Waals surface area contributed by atoms with Crippen molar-refractivity contribution >= 4 is 11.9 Å². The molecule has 25 heavy (non-hydrogen) atoms. The Hall–Kier alpha value is -2.54. The third-order valence-electron chi connectivity index (χ3n) is 4.30. The van der Waals surface area contributed by atoms with Gasteiger partial charge in [-0.15, -0.1) is 0 Å². The number of nitrogens with zero attached hydrogens (tertiary/aromatic N) is 4. The van der Waals surface area contributed by atoms with Gasteiger partial charge in [0.1, 0.15) is 5.82 Å². The zero-order valence-electron chi connectivity index (χ0n) is 14.3. The lowest BCUT2D eigenvalue weighted by atomic mass is 10.1. The van der Waals surface area contributed by atoms with Crippen LogP contribution < -0.4 is 10.2 Å². The van der Waals surface area contributed by atoms with Gasteiger partial charge in [-0.25, -0.2) is 14.4 Å². The smallest absolute Gasteiger partial charge is 0.254 e. The molecule has 1 aliphatic rings. The summed E-state index contributed by atoms with van der Waals surface area (Å²) in [7, 11) is 2.09. The molecule has 1 saturated heterocycles. The monoisotopic (exact) mass is 343 g/mol. The third-order valence-corrected chi connectivity index (χ3v) is 4.30. The maximum Gasteiger partial charge on any atom is 0.254 e. The largest absolute Gasteiger partial charge is 0.352 e. The van der Waals surface area contributed by atoms with Gasteiger partial charge >= 0.3 is 0 Å². The van der Waals surface area contributed by atoms with Gasteiger partial charge < -0.3 is 15.1 Å². The predicted molar refractivity (Wildman–Crippen MR) is 94.2 cm³/mol. The van der Waals surface area contributed by atoms with Crippen LogP contribution in [-0.2, 0) is 6.42 Å². The van der Waals surface area contributed by atoms with Crippen LogP contribution in [0, 0.1) is 5.82 Å². The van der Waals surface area contributed by atoms with E-state index in [4.69, 9.17) is 0 Å². The Balaban J connectivity index is 1.49. The number of aromatic nitrogens is 2. The fourth-order valence-electron chi connectivity index (χ4n) is 2.68. The minimum absolute atomic E-state index is 0.202. The first-order valence-corrected chi connectivity index (χ1v) is 8.40. The van der Waals surface area contributed by atoms with Gasteiger partial charge in [0.15, 0.2) is 0 Å². The van der Waals surface area contributed by atoms with Crippen molar-refractivity contribution in [3.8, 4) is 0 Å². The molecule has 0 atom stereocenters. The summed E-state index contributed by atoms with van der Waals surface area (Å²) < 4.78 is 12.9. The highest BCUT2D eigenvalue weighted by atomic mass is 19.1. The first-order chi connectivity index (χ1) is 12.1. The van der Waals surface area contributed by atoms with Crippen LogP contribution in [0.2, 0.25) is 0 Å². The van der Waals surface area contributed by atoms with E-state index in [1.807, 2.05) is 0 Å². The van der Waals surface area contributed by atoms with Crippen LogP contribution in [0.25, 0.3) is 0 Å². The Morgan fingerprint density at radius 2 is 1.76 bits per heavy atom. The van der Waals surface area contributed by atoms with Crippen LogP contribution in [0.4, 0.5) is 10.3 Å². The number of anilines is 1. The molecule has 1 aliphatic heterocycles. The number of piperazine rings is 1. The number of halogens is 1. The van der Waals surface area contributed by atoms with Gasteiger partial charge in [-0.1, -0.05) is 12.1 Å². The van der Waals surface area contributed by atoms with Gasteiger partial charge in [0.25, 0.3) is 5.91 Å². The minimum Gasteiger partial charge on any atom is -0.352 e. The summed E-state index contributed by atoms with van der Waals surface area (Å²) >= 11 is 0. The molecule has 0 aliphatic carbocycles. The Morgan fingerprint density at radius 3 is 2.40 bits per heavy atom. The molecule has 132 valence electrons. The maximum absolute atomic E-state index is 12.9. The van der Waals surface area contributed by atoms with Crippen LogP contribution in [-0.4, -0.2) is 60.5 Å². The highest BCUT2D eigenvalue weighted by Gasteiger charge is 2.16. The number of benzene rings is 1. The van der Waals surface area contributed by atoms with Crippen molar-refractivity contribution in [1.82, 2.24) is 20.2 Å². The average Bonchev–Trinajstić information content (AvgIpc) is 2.64. The van der Waals surface area contributed by atoms with Gasteiger partial charge in [0.2, 0.25) is 5.95 Å². The zero-order valence-corrected chi connectivity index (χ0v) is 14.3. The van der Waals surface area contributed by atoms with E-state index in [-0.39, 0.29) is 11.7 Å². The van der Waals surface area contributed by atoms with E-state index in [0.717, 1.165) is 31.7 Å². The summed E-state index contributed by atoms with van der Waals surface area (Å²) in [5.74, 6) is 0.202. The van der Waals surface area contributed by atoms with Gasteiger partial charge in [0.05, 0.1) is 5.56 Å². The second-order valence-electron chi connectivity index (χ2n) is 6.19. The average molecular weight is 343 g/mol. The highest BCUT2D eigenvalue weighted by molar-refractivity contribution is 5.93. The van der Waals surface area contributed by atoms with E-state index in [1.54, 1.807) is 24.5 Å². The van der Waals surface area contributed by atoms with Gasteiger partial charge in [-0.3, -0.25) is 4.79 Å². The molecule has 1 fully saturated rings. The second-order valence-corrected chi connectivity index (χ2v) is 6.19. The molecule has 0 spiro atoms. The zero-order chi connectivity index (χ0) is 17.6. The van der Waals surface area contributed by atoms with Crippen molar-refractivity contribution in [2.24, 2.45) is 0 Å². The van der Waals surface area contributed by atoms with Crippen LogP contribution in [0.5, 0.6) is 0 Å². The minimum atomic E-state index is -0.259. The van der Waals surface area contributed by atoms with Crippen molar-refractivity contribution < 1.29 is 9.18 Å². The molecule has 0 saturated carbocycles. The van der Waals surface area contributed by atoms with Gasteiger partial charge in [0, 0.05) is 45.1 Å². The molecule has 1 aromatic heterocycles. The summed E-state index contributed by atoms with van der Waals surface area (Å²) in [6.45, 7) is 4.22. The maximum atomic E-state index is 12.9. The van der Waals surface area contributed by atoms with E-state index in [0.29, 0.717) is 24.5 Å². The van der Waals surface area contributed by atoms with Crippen molar-refractivity contribution in [2.75, 3.05) is 44.7 Å². The summed E-state index contributed by atoms with van der Waals surface area (Å²) in [6, 6.07) is 6.27. The van der Waals surface area contributed by atoms with Gasteiger partial charge in [-0.2, -0.15) is 0 Å². The Bertz CT molecular complexity index is 696. The van der Waals surface area contributed by atoms with E-state index in [9.17, 15) is 9.18 Å². The molecule has 0 radical (unpaired) electrons. The Morgan fingerprint density at radius 1 is 1.12 bits per heavy atom. The van der Waals surface area contributed by atoms with Crippen molar-refractivity contribution in [1.29, 1.82) is 0 Å². The lowest BCUT2D eigenvalue weighted by Gasteiger charge is -2.32. The number of carbonyl (C=O) groups is 1. The topological polar surface area (TPSA) is 61.4 Å². The highest BCUT2D eigenvalue weighted by Crippen LogP contribution is 2.10. The first kappa shape index (κ1) is 17.3. The second kappa shape index (κ2) is 8.02. The van der Waals surface area contributed by atoms with Crippen molar-refractivity contribution in [3.05, 3.63) is 53.6 Å². The number of carbonyl (C=O) groups excluding carboxylic acids is 1. The molecule has 1 N–H and O–H groups in total. The summed E-state index contributed by atoms with van der Waals surface area (Å²) in [6.07, 6.45) is 3.77. The number of hydrogen-bond acceptors (Lipinski definition) is 5. The summed E-state index contributed by atoms with van der Waals surface area (Å²) in [5, 5.41) is 2.83. The van der Waals surface area contributed by atoms with E-state index in [1.165, 1.54) is 12.1 Å². The van der Waals surface area contributed by atoms with Crippen LogP contribution >= 0.6 is 0 Å². The number of hydrogen-bond donors (Lipinski definition) is 1. The molecule has 0 bridgehead atoms. The number of rotatable bonds is 5. The summed E-state index contributed by atoms with van der Waals surface area (Å²) in [4.78, 5) is 25.2. The third kappa shape index (κ3) is 4.73. The molecule has 1 aromatic carbocycles. The number of likely N-dealkylation sites (N-methyl/N-ethyl adjacent to an activating group) is 1. The van der Waals surface area contributed by atoms with Crippen LogP contribution in [0.1, 0.15) is 15.9 Å². The normalized spacial score (nSPS) is 15.2. The summed E-state index contributed by atoms with van der Waals surface area (Å²) in [5.41, 5.74) is 1.42. The van der Waals surface area contributed by atoms with Gasteiger partial charge in [-0.05, 0) is 31.2 Å². The Kier molecular flexibility index (Phi) is 5.55. The molecule has 2 heterocycles. The number of amides is 1.